The van der Waals surface area contributed by atoms with Crippen molar-refractivity contribution in [3.8, 4) is 16.9 Å². The molecule has 1 fully saturated rings. The number of hydrogen-bond donors (Lipinski definition) is 1. The summed E-state index contributed by atoms with van der Waals surface area (Å²) in [5.74, 6) is -0.554. The van der Waals surface area contributed by atoms with E-state index in [0.717, 1.165) is 12.1 Å². The molecule has 0 aromatic heterocycles. The van der Waals surface area contributed by atoms with Crippen LogP contribution in [0.15, 0.2) is 72.8 Å². The van der Waals surface area contributed by atoms with Gasteiger partial charge in [-0.2, -0.15) is 13.2 Å². The van der Waals surface area contributed by atoms with Gasteiger partial charge < -0.3 is 19.9 Å². The topological polar surface area (TPSA) is 79.0 Å². The number of benzene rings is 3. The van der Waals surface area contributed by atoms with Crippen LogP contribution in [0.3, 0.4) is 0 Å². The highest BCUT2D eigenvalue weighted by Crippen LogP contribution is 2.33. The average Bonchev–Trinajstić information content (AvgIpc) is 3.01. The van der Waals surface area contributed by atoms with Crippen LogP contribution >= 0.6 is 0 Å². The molecule has 5 rings (SSSR count). The molecular weight excluding hydrogens is 487 g/mol. The number of amides is 3. The second kappa shape index (κ2) is 9.61. The molecule has 0 spiro atoms. The highest BCUT2D eigenvalue weighted by molar-refractivity contribution is 6.10. The number of hydrogen-bond acceptors (Lipinski definition) is 4. The summed E-state index contributed by atoms with van der Waals surface area (Å²) in [7, 11) is 0. The second-order valence-corrected chi connectivity index (χ2v) is 8.78. The Labute approximate surface area is 210 Å². The van der Waals surface area contributed by atoms with Crippen molar-refractivity contribution in [1.82, 2.24) is 9.80 Å². The van der Waals surface area contributed by atoms with Crippen molar-refractivity contribution in [2.24, 2.45) is 0 Å². The van der Waals surface area contributed by atoms with Gasteiger partial charge in [0.1, 0.15) is 11.8 Å². The van der Waals surface area contributed by atoms with Gasteiger partial charge in [0.25, 0.3) is 11.8 Å². The third-order valence-electron chi connectivity index (χ3n) is 6.46. The van der Waals surface area contributed by atoms with Gasteiger partial charge in [0.2, 0.25) is 5.91 Å². The number of nitrogens with zero attached hydrogens (tertiary/aromatic N) is 2. The Hall–Kier alpha value is -4.34. The number of ether oxygens (including phenoxy) is 1. The molecule has 1 N–H and O–H groups in total. The predicted molar refractivity (Wildman–Crippen MR) is 129 cm³/mol. The van der Waals surface area contributed by atoms with Crippen LogP contribution in [0.2, 0.25) is 0 Å². The largest absolute Gasteiger partial charge is 0.484 e. The number of alkyl halides is 3. The molecule has 3 aromatic carbocycles. The van der Waals surface area contributed by atoms with Crippen LogP contribution in [-0.2, 0) is 15.8 Å². The normalized spacial score (nSPS) is 17.4. The zero-order valence-electron chi connectivity index (χ0n) is 19.5. The molecule has 10 heteroatoms. The quantitative estimate of drug-likeness (QED) is 0.576. The van der Waals surface area contributed by atoms with Crippen LogP contribution in [-0.4, -0.2) is 59.8 Å². The summed E-state index contributed by atoms with van der Waals surface area (Å²) in [5.41, 5.74) is 0.828. The minimum absolute atomic E-state index is 0.0221. The maximum absolute atomic E-state index is 13.4. The van der Waals surface area contributed by atoms with E-state index in [4.69, 9.17) is 4.74 Å². The number of fused-ring (bicyclic) bond motifs is 2. The molecule has 1 unspecified atom stereocenters. The van der Waals surface area contributed by atoms with E-state index in [-0.39, 0.29) is 43.6 Å². The van der Waals surface area contributed by atoms with Crippen molar-refractivity contribution in [2.75, 3.05) is 31.6 Å². The summed E-state index contributed by atoms with van der Waals surface area (Å²) in [4.78, 5) is 42.1. The molecule has 1 saturated heterocycles. The Morgan fingerprint density at radius 1 is 0.946 bits per heavy atom. The van der Waals surface area contributed by atoms with Gasteiger partial charge >= 0.3 is 6.18 Å². The minimum Gasteiger partial charge on any atom is -0.484 e. The third-order valence-corrected chi connectivity index (χ3v) is 6.46. The summed E-state index contributed by atoms with van der Waals surface area (Å²) in [6.07, 6.45) is -4.45. The molecule has 0 radical (unpaired) electrons. The number of nitrogens with one attached hydrogen (secondary N) is 1. The van der Waals surface area contributed by atoms with Gasteiger partial charge in [-0.15, -0.1) is 0 Å². The van der Waals surface area contributed by atoms with E-state index in [0.29, 0.717) is 22.6 Å². The Morgan fingerprint density at radius 2 is 1.65 bits per heavy atom. The standard InChI is InChI=1S/C27H22F3N3O4/c28-27(29,30)19-9-6-17(7-10-19)18-8-11-22-21(14-18)26(36)33-13-12-32(15-23(33)25(35)31-22)24(34)16-37-20-4-2-1-3-5-20/h1-11,14,23H,12-13,15-16H2,(H,31,35). The lowest BCUT2D eigenvalue weighted by Gasteiger charge is -2.39. The maximum Gasteiger partial charge on any atom is 0.416 e. The van der Waals surface area contributed by atoms with Gasteiger partial charge in [-0.1, -0.05) is 36.4 Å². The van der Waals surface area contributed by atoms with Gasteiger partial charge in [0.05, 0.1) is 23.4 Å². The fraction of sp³-hybridized carbons (Fsp3) is 0.222. The van der Waals surface area contributed by atoms with Crippen molar-refractivity contribution in [1.29, 1.82) is 0 Å². The van der Waals surface area contributed by atoms with Crippen molar-refractivity contribution in [3.63, 3.8) is 0 Å². The lowest BCUT2D eigenvalue weighted by Crippen LogP contribution is -2.60. The number of carbonyl (C=O) groups is 3. The minimum atomic E-state index is -4.45. The Bertz CT molecular complexity index is 1340. The summed E-state index contributed by atoms with van der Waals surface area (Å²) in [5, 5.41) is 2.76. The molecule has 0 aliphatic carbocycles. The van der Waals surface area contributed by atoms with E-state index in [1.54, 1.807) is 42.5 Å². The molecule has 2 heterocycles. The van der Waals surface area contributed by atoms with Gasteiger partial charge in [-0.05, 0) is 47.5 Å². The summed E-state index contributed by atoms with van der Waals surface area (Å²) in [6.45, 7) is 0.218. The zero-order valence-corrected chi connectivity index (χ0v) is 19.5. The van der Waals surface area contributed by atoms with E-state index in [2.05, 4.69) is 5.32 Å². The van der Waals surface area contributed by atoms with Crippen LogP contribution in [0.4, 0.5) is 18.9 Å². The Balaban J connectivity index is 1.32. The lowest BCUT2D eigenvalue weighted by molar-refractivity contribution is -0.138. The third kappa shape index (κ3) is 5.00. The van der Waals surface area contributed by atoms with E-state index < -0.39 is 23.7 Å². The smallest absolute Gasteiger partial charge is 0.416 e. The van der Waals surface area contributed by atoms with E-state index >= 15 is 0 Å². The van der Waals surface area contributed by atoms with Crippen LogP contribution in [0, 0.1) is 0 Å². The molecule has 0 bridgehead atoms. The SMILES string of the molecule is O=C1Nc2ccc(-c3ccc(C(F)(F)F)cc3)cc2C(=O)N2CCN(C(=O)COc3ccccc3)CC12. The highest BCUT2D eigenvalue weighted by Gasteiger charge is 2.40. The van der Waals surface area contributed by atoms with Gasteiger partial charge in [-0.25, -0.2) is 0 Å². The molecule has 0 saturated carbocycles. The summed E-state index contributed by atoms with van der Waals surface area (Å²) in [6, 6.07) is 17.4. The monoisotopic (exact) mass is 509 g/mol. The molecule has 2 aliphatic heterocycles. The number of para-hydroxylation sites is 1. The number of anilines is 1. The first-order chi connectivity index (χ1) is 17.7. The molecule has 37 heavy (non-hydrogen) atoms. The zero-order chi connectivity index (χ0) is 26.2. The first-order valence-electron chi connectivity index (χ1n) is 11.6. The predicted octanol–water partition coefficient (Wildman–Crippen LogP) is 4.06. The highest BCUT2D eigenvalue weighted by atomic mass is 19.4. The molecule has 190 valence electrons. The van der Waals surface area contributed by atoms with Gasteiger partial charge in [0, 0.05) is 13.1 Å². The Morgan fingerprint density at radius 3 is 2.35 bits per heavy atom. The number of rotatable bonds is 4. The molecular formula is C27H22F3N3O4. The first-order valence-corrected chi connectivity index (χ1v) is 11.6. The molecule has 3 aromatic rings. The van der Waals surface area contributed by atoms with Gasteiger partial charge in [0.15, 0.2) is 6.61 Å². The van der Waals surface area contributed by atoms with E-state index in [1.165, 1.54) is 21.9 Å². The molecule has 2 aliphatic rings. The van der Waals surface area contributed by atoms with Crippen LogP contribution < -0.4 is 10.1 Å². The second-order valence-electron chi connectivity index (χ2n) is 8.78. The summed E-state index contributed by atoms with van der Waals surface area (Å²) < 4.78 is 44.3. The molecule has 1 atom stereocenters. The van der Waals surface area contributed by atoms with Crippen molar-refractivity contribution < 1.29 is 32.3 Å². The fourth-order valence-electron chi connectivity index (χ4n) is 4.46. The molecule has 3 amide bonds. The van der Waals surface area contributed by atoms with E-state index in [9.17, 15) is 27.6 Å². The number of halogens is 3. The lowest BCUT2D eigenvalue weighted by atomic mass is 10.00. The summed E-state index contributed by atoms with van der Waals surface area (Å²) >= 11 is 0. The van der Waals surface area contributed by atoms with Crippen LogP contribution in [0.1, 0.15) is 15.9 Å². The van der Waals surface area contributed by atoms with E-state index in [1.807, 2.05) is 6.07 Å². The Kier molecular flexibility index (Phi) is 6.32. The fourth-order valence-corrected chi connectivity index (χ4v) is 4.46. The van der Waals surface area contributed by atoms with Crippen molar-refractivity contribution >= 4 is 23.4 Å². The van der Waals surface area contributed by atoms with Crippen LogP contribution in [0.5, 0.6) is 5.75 Å². The van der Waals surface area contributed by atoms with Crippen molar-refractivity contribution in [2.45, 2.75) is 12.2 Å². The van der Waals surface area contributed by atoms with Crippen molar-refractivity contribution in [3.05, 3.63) is 83.9 Å². The number of piperazine rings is 1. The number of carbonyl (C=O) groups excluding carboxylic acids is 3. The first kappa shape index (κ1) is 24.4. The van der Waals surface area contributed by atoms with Gasteiger partial charge in [-0.3, -0.25) is 14.4 Å². The van der Waals surface area contributed by atoms with Crippen LogP contribution in [0.25, 0.3) is 11.1 Å². The molecule has 7 nitrogen and oxygen atoms in total. The maximum atomic E-state index is 13.4. The average molecular weight is 509 g/mol.